The van der Waals surface area contributed by atoms with Gasteiger partial charge in [0.25, 0.3) is 0 Å². The monoisotopic (exact) mass is 168 g/mol. The van der Waals surface area contributed by atoms with Crippen molar-refractivity contribution < 1.29 is 9.53 Å². The number of hydrogen-bond donors (Lipinski definition) is 0. The molecule has 3 unspecified atom stereocenters. The van der Waals surface area contributed by atoms with Crippen molar-refractivity contribution >= 4 is 5.78 Å². The van der Waals surface area contributed by atoms with E-state index in [-0.39, 0.29) is 11.5 Å². The van der Waals surface area contributed by atoms with Crippen molar-refractivity contribution in [2.75, 3.05) is 0 Å². The van der Waals surface area contributed by atoms with Crippen LogP contribution < -0.4 is 0 Å². The number of ketones is 1. The number of Topliss-reactive ketones (excluding diaryl/α,β-unsaturated/α-hetero) is 1. The average Bonchev–Trinajstić information content (AvgIpc) is 2.31. The van der Waals surface area contributed by atoms with E-state index in [1.807, 2.05) is 0 Å². The SMILES string of the molecule is CC1CCC2(C)C(=O)CCC2O1. The van der Waals surface area contributed by atoms with Gasteiger partial charge < -0.3 is 4.74 Å². The van der Waals surface area contributed by atoms with Gasteiger partial charge in [0.05, 0.1) is 17.6 Å². The van der Waals surface area contributed by atoms with Gasteiger partial charge in [0.1, 0.15) is 5.78 Å². The number of carbonyl (C=O) groups excluding carboxylic acids is 1. The molecule has 0 aromatic heterocycles. The summed E-state index contributed by atoms with van der Waals surface area (Å²) in [5, 5.41) is 0. The molecule has 1 saturated carbocycles. The van der Waals surface area contributed by atoms with Crippen LogP contribution in [-0.2, 0) is 9.53 Å². The fourth-order valence-corrected chi connectivity index (χ4v) is 2.42. The molecule has 0 aromatic carbocycles. The predicted molar refractivity (Wildman–Crippen MR) is 45.9 cm³/mol. The lowest BCUT2D eigenvalue weighted by molar-refractivity contribution is -0.141. The van der Waals surface area contributed by atoms with Crippen LogP contribution in [-0.4, -0.2) is 18.0 Å². The molecule has 1 aliphatic carbocycles. The number of ether oxygens (including phenoxy) is 1. The molecule has 1 aliphatic heterocycles. The zero-order valence-corrected chi connectivity index (χ0v) is 7.80. The smallest absolute Gasteiger partial charge is 0.141 e. The minimum Gasteiger partial charge on any atom is -0.374 e. The molecule has 0 radical (unpaired) electrons. The van der Waals surface area contributed by atoms with Gasteiger partial charge in [0.2, 0.25) is 0 Å². The maximum Gasteiger partial charge on any atom is 0.141 e. The van der Waals surface area contributed by atoms with Gasteiger partial charge >= 0.3 is 0 Å². The first-order valence-electron chi connectivity index (χ1n) is 4.82. The maximum atomic E-state index is 11.6. The molecule has 0 N–H and O–H groups in total. The van der Waals surface area contributed by atoms with Gasteiger partial charge in [-0.05, 0) is 26.2 Å². The topological polar surface area (TPSA) is 26.3 Å². The zero-order chi connectivity index (χ0) is 8.77. The summed E-state index contributed by atoms with van der Waals surface area (Å²) >= 11 is 0. The van der Waals surface area contributed by atoms with E-state index in [1.54, 1.807) is 0 Å². The van der Waals surface area contributed by atoms with Crippen molar-refractivity contribution in [1.29, 1.82) is 0 Å². The number of rotatable bonds is 0. The molecular weight excluding hydrogens is 152 g/mol. The lowest BCUT2D eigenvalue weighted by atomic mass is 9.78. The Morgan fingerprint density at radius 3 is 3.00 bits per heavy atom. The standard InChI is InChI=1S/C10H16O2/c1-7-5-6-10(2)8(11)3-4-9(10)12-7/h7,9H,3-6H2,1-2H3. The Kier molecular flexibility index (Phi) is 1.76. The Labute approximate surface area is 73.3 Å². The van der Waals surface area contributed by atoms with Crippen LogP contribution in [0.5, 0.6) is 0 Å². The van der Waals surface area contributed by atoms with Crippen LogP contribution in [0.4, 0.5) is 0 Å². The van der Waals surface area contributed by atoms with E-state index in [4.69, 9.17) is 4.74 Å². The Morgan fingerprint density at radius 2 is 2.25 bits per heavy atom. The third-order valence-electron chi connectivity index (χ3n) is 3.45. The molecule has 0 aromatic rings. The van der Waals surface area contributed by atoms with Crippen molar-refractivity contribution in [3.63, 3.8) is 0 Å². The highest BCUT2D eigenvalue weighted by atomic mass is 16.5. The van der Waals surface area contributed by atoms with Crippen LogP contribution in [0.2, 0.25) is 0 Å². The van der Waals surface area contributed by atoms with Gasteiger partial charge in [-0.3, -0.25) is 4.79 Å². The molecular formula is C10H16O2. The Morgan fingerprint density at radius 1 is 1.50 bits per heavy atom. The van der Waals surface area contributed by atoms with Crippen molar-refractivity contribution in [3.8, 4) is 0 Å². The molecule has 2 nitrogen and oxygen atoms in total. The molecule has 2 aliphatic rings. The quantitative estimate of drug-likeness (QED) is 0.552. The van der Waals surface area contributed by atoms with E-state index in [0.717, 1.165) is 25.7 Å². The van der Waals surface area contributed by atoms with Gasteiger partial charge in [-0.15, -0.1) is 0 Å². The minimum absolute atomic E-state index is 0.132. The van der Waals surface area contributed by atoms with E-state index in [2.05, 4.69) is 13.8 Å². The lowest BCUT2D eigenvalue weighted by Crippen LogP contribution is -2.41. The molecule has 68 valence electrons. The molecule has 2 fully saturated rings. The summed E-state index contributed by atoms with van der Waals surface area (Å²) < 4.78 is 5.76. The van der Waals surface area contributed by atoms with Crippen LogP contribution in [0.25, 0.3) is 0 Å². The summed E-state index contributed by atoms with van der Waals surface area (Å²) in [5.74, 6) is 0.416. The first kappa shape index (κ1) is 8.24. The summed E-state index contributed by atoms with van der Waals surface area (Å²) in [7, 11) is 0. The third-order valence-corrected chi connectivity index (χ3v) is 3.45. The second kappa shape index (κ2) is 2.56. The first-order valence-corrected chi connectivity index (χ1v) is 4.82. The van der Waals surface area contributed by atoms with Crippen LogP contribution in [0.15, 0.2) is 0 Å². The third kappa shape index (κ3) is 1.01. The largest absolute Gasteiger partial charge is 0.374 e. The highest BCUT2D eigenvalue weighted by Gasteiger charge is 2.49. The van der Waals surface area contributed by atoms with E-state index in [1.165, 1.54) is 0 Å². The van der Waals surface area contributed by atoms with Crippen molar-refractivity contribution in [1.82, 2.24) is 0 Å². The van der Waals surface area contributed by atoms with Gasteiger partial charge in [-0.2, -0.15) is 0 Å². The van der Waals surface area contributed by atoms with Crippen LogP contribution in [0, 0.1) is 5.41 Å². The lowest BCUT2D eigenvalue weighted by Gasteiger charge is -2.37. The number of fused-ring (bicyclic) bond motifs is 1. The van der Waals surface area contributed by atoms with Gasteiger partial charge in [0.15, 0.2) is 0 Å². The molecule has 0 spiro atoms. The average molecular weight is 168 g/mol. The molecule has 1 saturated heterocycles. The van der Waals surface area contributed by atoms with Gasteiger partial charge in [-0.25, -0.2) is 0 Å². The Hall–Kier alpha value is -0.370. The molecule has 3 atom stereocenters. The number of carbonyl (C=O) groups is 1. The molecule has 2 rings (SSSR count). The predicted octanol–water partition coefficient (Wildman–Crippen LogP) is 1.92. The highest BCUT2D eigenvalue weighted by molar-refractivity contribution is 5.87. The van der Waals surface area contributed by atoms with Crippen LogP contribution in [0.3, 0.4) is 0 Å². The summed E-state index contributed by atoms with van der Waals surface area (Å²) in [6, 6.07) is 0. The van der Waals surface area contributed by atoms with E-state index < -0.39 is 0 Å². The second-order valence-corrected chi connectivity index (χ2v) is 4.35. The molecule has 0 bridgehead atoms. The van der Waals surface area contributed by atoms with Crippen molar-refractivity contribution in [2.24, 2.45) is 5.41 Å². The zero-order valence-electron chi connectivity index (χ0n) is 7.80. The van der Waals surface area contributed by atoms with E-state index in [9.17, 15) is 4.79 Å². The normalized spacial score (nSPS) is 47.7. The van der Waals surface area contributed by atoms with Crippen LogP contribution in [0.1, 0.15) is 39.5 Å². The molecule has 2 heteroatoms. The fraction of sp³-hybridized carbons (Fsp3) is 0.900. The molecule has 1 heterocycles. The summed E-state index contributed by atoms with van der Waals surface area (Å²) in [6.07, 6.45) is 4.31. The Balaban J connectivity index is 2.19. The van der Waals surface area contributed by atoms with Crippen molar-refractivity contribution in [2.45, 2.75) is 51.7 Å². The first-order chi connectivity index (χ1) is 5.63. The number of hydrogen-bond acceptors (Lipinski definition) is 2. The van der Waals surface area contributed by atoms with E-state index >= 15 is 0 Å². The van der Waals surface area contributed by atoms with Gasteiger partial charge in [0, 0.05) is 6.42 Å². The van der Waals surface area contributed by atoms with E-state index in [0.29, 0.717) is 11.9 Å². The van der Waals surface area contributed by atoms with Gasteiger partial charge in [-0.1, -0.05) is 6.92 Å². The molecule has 12 heavy (non-hydrogen) atoms. The maximum absolute atomic E-state index is 11.6. The molecule has 0 amide bonds. The summed E-state index contributed by atoms with van der Waals surface area (Å²) in [6.45, 7) is 4.17. The summed E-state index contributed by atoms with van der Waals surface area (Å²) in [4.78, 5) is 11.6. The Bertz CT molecular complexity index is 212. The van der Waals surface area contributed by atoms with Crippen molar-refractivity contribution in [3.05, 3.63) is 0 Å². The second-order valence-electron chi connectivity index (χ2n) is 4.35. The van der Waals surface area contributed by atoms with Crippen LogP contribution >= 0.6 is 0 Å². The minimum atomic E-state index is -0.132. The fourth-order valence-electron chi connectivity index (χ4n) is 2.42. The highest BCUT2D eigenvalue weighted by Crippen LogP contribution is 2.44. The summed E-state index contributed by atoms with van der Waals surface area (Å²) in [5.41, 5.74) is -0.132.